The van der Waals surface area contributed by atoms with Crippen LogP contribution in [-0.4, -0.2) is 28.6 Å². The third kappa shape index (κ3) is 2.78. The van der Waals surface area contributed by atoms with Crippen LogP contribution < -0.4 is 5.32 Å². The molecule has 0 radical (unpaired) electrons. The van der Waals surface area contributed by atoms with E-state index in [0.29, 0.717) is 5.95 Å². The van der Waals surface area contributed by atoms with E-state index in [1.165, 1.54) is 7.11 Å². The smallest absolute Gasteiger partial charge is 0.313 e. The summed E-state index contributed by atoms with van der Waals surface area (Å²) in [4.78, 5) is 20.3. The fourth-order valence-corrected chi connectivity index (χ4v) is 1.46. The summed E-state index contributed by atoms with van der Waals surface area (Å²) < 4.78 is 4.84. The van der Waals surface area contributed by atoms with E-state index in [4.69, 9.17) is 4.74 Å². The predicted octanol–water partition coefficient (Wildman–Crippen LogP) is 2.17. The second-order valence-corrected chi connectivity index (χ2v) is 5.39. The van der Waals surface area contributed by atoms with Crippen molar-refractivity contribution in [3.05, 3.63) is 18.0 Å². The molecule has 0 aromatic carbocycles. The van der Waals surface area contributed by atoms with E-state index in [2.05, 4.69) is 15.3 Å². The number of methoxy groups -OCH3 is 1. The summed E-state index contributed by atoms with van der Waals surface area (Å²) in [5, 5.41) is 3.19. The summed E-state index contributed by atoms with van der Waals surface area (Å²) in [5.41, 5.74) is -0.359. The van der Waals surface area contributed by atoms with Gasteiger partial charge in [-0.05, 0) is 40.7 Å². The van der Waals surface area contributed by atoms with Crippen LogP contribution in [0.3, 0.4) is 0 Å². The molecule has 0 amide bonds. The number of nitrogens with zero attached hydrogens (tertiary/aromatic N) is 2. The highest BCUT2D eigenvalue weighted by Gasteiger charge is 2.44. The van der Waals surface area contributed by atoms with Gasteiger partial charge in [-0.2, -0.15) is 0 Å². The van der Waals surface area contributed by atoms with Gasteiger partial charge in [0.15, 0.2) is 0 Å². The van der Waals surface area contributed by atoms with Crippen LogP contribution in [0, 0.1) is 12.3 Å². The first-order chi connectivity index (χ1) is 8.20. The Hall–Kier alpha value is -1.65. The molecule has 5 heteroatoms. The molecule has 1 N–H and O–H groups in total. The molecule has 0 saturated carbocycles. The topological polar surface area (TPSA) is 64.1 Å². The van der Waals surface area contributed by atoms with Crippen molar-refractivity contribution in [2.45, 2.75) is 40.2 Å². The van der Waals surface area contributed by atoms with E-state index in [1.807, 2.05) is 40.7 Å². The van der Waals surface area contributed by atoms with Gasteiger partial charge in [-0.1, -0.05) is 0 Å². The number of aryl methyl sites for hydroxylation is 1. The molecular formula is C13H21N3O2. The van der Waals surface area contributed by atoms with Crippen molar-refractivity contribution in [2.24, 2.45) is 5.41 Å². The first-order valence-electron chi connectivity index (χ1n) is 5.87. The van der Waals surface area contributed by atoms with Crippen LogP contribution in [0.25, 0.3) is 0 Å². The molecule has 18 heavy (non-hydrogen) atoms. The normalized spacial score (nSPS) is 12.1. The van der Waals surface area contributed by atoms with Gasteiger partial charge in [0.2, 0.25) is 5.95 Å². The van der Waals surface area contributed by atoms with Crippen LogP contribution >= 0.6 is 0 Å². The van der Waals surface area contributed by atoms with Crippen LogP contribution in [0.5, 0.6) is 0 Å². The van der Waals surface area contributed by atoms with E-state index in [-0.39, 0.29) is 5.97 Å². The van der Waals surface area contributed by atoms with Gasteiger partial charge in [0, 0.05) is 11.9 Å². The van der Waals surface area contributed by atoms with Crippen molar-refractivity contribution in [2.75, 3.05) is 12.4 Å². The molecule has 0 aliphatic carbocycles. The lowest BCUT2D eigenvalue weighted by Gasteiger charge is -2.39. The van der Waals surface area contributed by atoms with Crippen molar-refractivity contribution in [1.29, 1.82) is 0 Å². The number of hydrogen-bond donors (Lipinski definition) is 1. The standard InChI is InChI=1S/C13H21N3O2/c1-9-7-8-14-11(15-9)16-13(4,5)12(2,3)10(17)18-6/h7-8H,1-6H3,(H,14,15,16). The number of anilines is 1. The Kier molecular flexibility index (Phi) is 3.94. The summed E-state index contributed by atoms with van der Waals surface area (Å²) in [7, 11) is 1.39. The van der Waals surface area contributed by atoms with Gasteiger partial charge in [0.25, 0.3) is 0 Å². The van der Waals surface area contributed by atoms with Gasteiger partial charge in [0.1, 0.15) is 0 Å². The van der Waals surface area contributed by atoms with E-state index in [0.717, 1.165) is 5.69 Å². The van der Waals surface area contributed by atoms with E-state index < -0.39 is 11.0 Å². The van der Waals surface area contributed by atoms with Crippen molar-refractivity contribution in [3.8, 4) is 0 Å². The first kappa shape index (κ1) is 14.4. The van der Waals surface area contributed by atoms with Gasteiger partial charge in [-0.25, -0.2) is 9.97 Å². The number of ether oxygens (including phenoxy) is 1. The third-order valence-electron chi connectivity index (χ3n) is 3.48. The molecule has 1 aromatic heterocycles. The van der Waals surface area contributed by atoms with Crippen molar-refractivity contribution >= 4 is 11.9 Å². The van der Waals surface area contributed by atoms with Crippen molar-refractivity contribution < 1.29 is 9.53 Å². The zero-order valence-electron chi connectivity index (χ0n) is 11.9. The maximum absolute atomic E-state index is 11.8. The molecule has 1 aromatic rings. The Morgan fingerprint density at radius 1 is 1.33 bits per heavy atom. The molecule has 0 unspecified atom stereocenters. The second-order valence-electron chi connectivity index (χ2n) is 5.39. The largest absolute Gasteiger partial charge is 0.469 e. The Morgan fingerprint density at radius 3 is 2.44 bits per heavy atom. The van der Waals surface area contributed by atoms with Gasteiger partial charge >= 0.3 is 5.97 Å². The third-order valence-corrected chi connectivity index (χ3v) is 3.48. The van der Waals surface area contributed by atoms with E-state index in [9.17, 15) is 4.79 Å². The Morgan fingerprint density at radius 2 is 1.94 bits per heavy atom. The number of aromatic nitrogens is 2. The summed E-state index contributed by atoms with van der Waals surface area (Å²) in [6.07, 6.45) is 1.69. The minimum atomic E-state index is -0.700. The number of hydrogen-bond acceptors (Lipinski definition) is 5. The molecule has 0 saturated heterocycles. The maximum Gasteiger partial charge on any atom is 0.313 e. The van der Waals surface area contributed by atoms with Crippen LogP contribution in [0.2, 0.25) is 0 Å². The summed E-state index contributed by atoms with van der Waals surface area (Å²) in [5.74, 6) is 0.240. The molecule has 1 rings (SSSR count). The summed E-state index contributed by atoms with van der Waals surface area (Å²) in [6, 6.07) is 1.82. The highest BCUT2D eigenvalue weighted by molar-refractivity contribution is 5.78. The van der Waals surface area contributed by atoms with Gasteiger partial charge in [-0.15, -0.1) is 0 Å². The quantitative estimate of drug-likeness (QED) is 0.831. The van der Waals surface area contributed by atoms with Crippen molar-refractivity contribution in [1.82, 2.24) is 9.97 Å². The average molecular weight is 251 g/mol. The minimum absolute atomic E-state index is 0.271. The minimum Gasteiger partial charge on any atom is -0.469 e. The van der Waals surface area contributed by atoms with Crippen molar-refractivity contribution in [3.63, 3.8) is 0 Å². The summed E-state index contributed by atoms with van der Waals surface area (Å²) in [6.45, 7) is 9.42. The molecule has 0 aliphatic heterocycles. The number of carbonyl (C=O) groups is 1. The Labute approximate surface area is 108 Å². The first-order valence-corrected chi connectivity index (χ1v) is 5.87. The zero-order chi connectivity index (χ0) is 14.0. The molecule has 0 atom stereocenters. The highest BCUT2D eigenvalue weighted by atomic mass is 16.5. The average Bonchev–Trinajstić information content (AvgIpc) is 2.27. The lowest BCUT2D eigenvalue weighted by Crippen LogP contribution is -2.51. The number of nitrogens with one attached hydrogen (secondary N) is 1. The predicted molar refractivity (Wildman–Crippen MR) is 70.3 cm³/mol. The van der Waals surface area contributed by atoms with Crippen LogP contribution in [0.15, 0.2) is 12.3 Å². The fourth-order valence-electron chi connectivity index (χ4n) is 1.46. The van der Waals surface area contributed by atoms with Gasteiger partial charge < -0.3 is 10.1 Å². The summed E-state index contributed by atoms with van der Waals surface area (Å²) >= 11 is 0. The molecule has 0 fully saturated rings. The second kappa shape index (κ2) is 4.92. The number of esters is 1. The number of rotatable bonds is 4. The SMILES string of the molecule is COC(=O)C(C)(C)C(C)(C)Nc1nccc(C)n1. The van der Waals surface area contributed by atoms with Gasteiger partial charge in [-0.3, -0.25) is 4.79 Å². The molecule has 0 aliphatic rings. The highest BCUT2D eigenvalue weighted by Crippen LogP contribution is 2.34. The molecular weight excluding hydrogens is 230 g/mol. The van der Waals surface area contributed by atoms with Crippen LogP contribution in [-0.2, 0) is 9.53 Å². The fraction of sp³-hybridized carbons (Fsp3) is 0.615. The molecule has 5 nitrogen and oxygen atoms in total. The Bertz CT molecular complexity index is 442. The molecule has 1 heterocycles. The van der Waals surface area contributed by atoms with Crippen LogP contribution in [0.1, 0.15) is 33.4 Å². The van der Waals surface area contributed by atoms with E-state index >= 15 is 0 Å². The molecule has 100 valence electrons. The monoisotopic (exact) mass is 251 g/mol. The lowest BCUT2D eigenvalue weighted by atomic mass is 9.74. The maximum atomic E-state index is 11.8. The number of carbonyl (C=O) groups excluding carboxylic acids is 1. The Balaban J connectivity index is 2.97. The molecule has 0 spiro atoms. The van der Waals surface area contributed by atoms with Gasteiger partial charge in [0.05, 0.1) is 18.1 Å². The van der Waals surface area contributed by atoms with E-state index in [1.54, 1.807) is 6.20 Å². The lowest BCUT2D eigenvalue weighted by molar-refractivity contribution is -0.153. The zero-order valence-corrected chi connectivity index (χ0v) is 11.9. The van der Waals surface area contributed by atoms with Crippen LogP contribution in [0.4, 0.5) is 5.95 Å². The molecule has 0 bridgehead atoms.